The van der Waals surface area contributed by atoms with Crippen LogP contribution < -0.4 is 10.1 Å². The highest BCUT2D eigenvalue weighted by Gasteiger charge is 2.11. The van der Waals surface area contributed by atoms with E-state index in [-0.39, 0.29) is 5.91 Å². The van der Waals surface area contributed by atoms with E-state index in [1.165, 1.54) is 0 Å². The number of fused-ring (bicyclic) bond motifs is 1. The molecule has 4 aromatic rings. The van der Waals surface area contributed by atoms with E-state index in [4.69, 9.17) is 9.47 Å². The molecule has 6 heteroatoms. The molecule has 0 radical (unpaired) electrons. The maximum absolute atomic E-state index is 11.5. The van der Waals surface area contributed by atoms with Crippen molar-refractivity contribution in [3.63, 3.8) is 0 Å². The number of carbonyl (C=O) groups is 1. The molecule has 0 aliphatic heterocycles. The minimum atomic E-state index is -0.000610. The van der Waals surface area contributed by atoms with Crippen molar-refractivity contribution < 1.29 is 14.3 Å². The summed E-state index contributed by atoms with van der Waals surface area (Å²) in [5, 5.41) is 8.03. The highest BCUT2D eigenvalue weighted by molar-refractivity contribution is 5.81. The summed E-state index contributed by atoms with van der Waals surface area (Å²) in [6.07, 6.45) is 2.20. The molecule has 1 heterocycles. The number of aryl methyl sites for hydroxylation is 1. The van der Waals surface area contributed by atoms with Crippen molar-refractivity contribution in [2.45, 2.75) is 26.2 Å². The first kappa shape index (κ1) is 21.6. The number of nitrogens with one attached hydrogen (secondary N) is 1. The smallest absolute Gasteiger partial charge is 0.221 e. The Kier molecular flexibility index (Phi) is 6.82. The quantitative estimate of drug-likeness (QED) is 0.423. The van der Waals surface area contributed by atoms with Gasteiger partial charge in [0, 0.05) is 26.0 Å². The maximum Gasteiger partial charge on any atom is 0.221 e. The van der Waals surface area contributed by atoms with Gasteiger partial charge < -0.3 is 14.8 Å². The van der Waals surface area contributed by atoms with Crippen LogP contribution >= 0.6 is 0 Å². The standard InChI is InChI=1S/C26H27N3O3/c1-27-26(30)13-14-29-25-12-11-22(15-21(25)16-28-29)32-18-20-8-4-6-10-24(20)23-9-5-3-7-19(23)17-31-2/h3-12,15-16H,13-14,17-18H2,1-2H3,(H,27,30). The van der Waals surface area contributed by atoms with Crippen LogP contribution in [0.1, 0.15) is 17.5 Å². The van der Waals surface area contributed by atoms with Crippen LogP contribution in [0.4, 0.5) is 0 Å². The predicted octanol–water partition coefficient (Wildman–Crippen LogP) is 4.56. The molecule has 0 bridgehead atoms. The van der Waals surface area contributed by atoms with Gasteiger partial charge in [0.05, 0.1) is 24.9 Å². The fourth-order valence-corrected chi connectivity index (χ4v) is 3.80. The molecule has 0 spiro atoms. The van der Waals surface area contributed by atoms with E-state index in [2.05, 4.69) is 34.7 Å². The zero-order valence-corrected chi connectivity index (χ0v) is 18.4. The molecule has 0 aliphatic rings. The Bertz CT molecular complexity index is 1220. The van der Waals surface area contributed by atoms with Gasteiger partial charge in [-0.2, -0.15) is 5.10 Å². The molecule has 3 aromatic carbocycles. The molecular weight excluding hydrogens is 402 g/mol. The van der Waals surface area contributed by atoms with Crippen LogP contribution in [0, 0.1) is 0 Å². The Balaban J connectivity index is 1.52. The number of hydrogen-bond acceptors (Lipinski definition) is 4. The number of amides is 1. The van der Waals surface area contributed by atoms with Crippen LogP contribution in [-0.4, -0.2) is 29.8 Å². The summed E-state index contributed by atoms with van der Waals surface area (Å²) in [4.78, 5) is 11.5. The number of benzene rings is 3. The fourth-order valence-electron chi connectivity index (χ4n) is 3.80. The molecule has 32 heavy (non-hydrogen) atoms. The summed E-state index contributed by atoms with van der Waals surface area (Å²) < 4.78 is 13.4. The SMILES string of the molecule is CNC(=O)CCn1ncc2cc(OCc3ccccc3-c3ccccc3COC)ccc21. The summed E-state index contributed by atoms with van der Waals surface area (Å²) in [5.41, 5.74) is 5.53. The van der Waals surface area contributed by atoms with Gasteiger partial charge in [-0.05, 0) is 40.5 Å². The van der Waals surface area contributed by atoms with Gasteiger partial charge in [-0.25, -0.2) is 0 Å². The monoisotopic (exact) mass is 429 g/mol. The Morgan fingerprint density at radius 2 is 1.66 bits per heavy atom. The minimum Gasteiger partial charge on any atom is -0.489 e. The maximum atomic E-state index is 11.5. The Morgan fingerprint density at radius 1 is 0.969 bits per heavy atom. The number of ether oxygens (including phenoxy) is 2. The van der Waals surface area contributed by atoms with Crippen molar-refractivity contribution in [1.82, 2.24) is 15.1 Å². The van der Waals surface area contributed by atoms with Gasteiger partial charge in [-0.15, -0.1) is 0 Å². The van der Waals surface area contributed by atoms with Gasteiger partial charge >= 0.3 is 0 Å². The minimum absolute atomic E-state index is 0.000610. The average Bonchev–Trinajstić information content (AvgIpc) is 3.24. The average molecular weight is 430 g/mol. The molecule has 164 valence electrons. The fraction of sp³-hybridized carbons (Fsp3) is 0.231. The predicted molar refractivity (Wildman–Crippen MR) is 125 cm³/mol. The second kappa shape index (κ2) is 10.1. The summed E-state index contributed by atoms with van der Waals surface area (Å²) in [7, 11) is 3.35. The Morgan fingerprint density at radius 3 is 2.34 bits per heavy atom. The molecule has 4 rings (SSSR count). The zero-order valence-electron chi connectivity index (χ0n) is 18.4. The third kappa shape index (κ3) is 4.81. The molecule has 0 saturated heterocycles. The zero-order chi connectivity index (χ0) is 22.3. The molecule has 6 nitrogen and oxygen atoms in total. The first-order chi connectivity index (χ1) is 15.7. The van der Waals surface area contributed by atoms with Gasteiger partial charge in [0.15, 0.2) is 0 Å². The first-order valence-electron chi connectivity index (χ1n) is 10.6. The number of hydrogen-bond donors (Lipinski definition) is 1. The Labute approximate surface area is 187 Å². The van der Waals surface area contributed by atoms with Crippen molar-refractivity contribution in [2.24, 2.45) is 0 Å². The van der Waals surface area contributed by atoms with Crippen molar-refractivity contribution in [3.8, 4) is 16.9 Å². The molecule has 1 aromatic heterocycles. The van der Waals surface area contributed by atoms with E-state index in [0.29, 0.717) is 26.2 Å². The molecule has 0 aliphatic carbocycles. The third-order valence-corrected chi connectivity index (χ3v) is 5.46. The normalized spacial score (nSPS) is 10.9. The van der Waals surface area contributed by atoms with Gasteiger partial charge in [-0.3, -0.25) is 9.48 Å². The van der Waals surface area contributed by atoms with E-state index in [1.807, 2.05) is 47.1 Å². The van der Waals surface area contributed by atoms with Gasteiger partial charge in [-0.1, -0.05) is 48.5 Å². The molecule has 0 fully saturated rings. The van der Waals surface area contributed by atoms with E-state index >= 15 is 0 Å². The summed E-state index contributed by atoms with van der Waals surface area (Å²) in [6, 6.07) is 22.5. The molecular formula is C26H27N3O3. The van der Waals surface area contributed by atoms with Crippen LogP contribution in [0.5, 0.6) is 5.75 Å². The number of methoxy groups -OCH3 is 1. The van der Waals surface area contributed by atoms with Crippen LogP contribution in [-0.2, 0) is 29.3 Å². The molecule has 1 amide bonds. The second-order valence-electron chi connectivity index (χ2n) is 7.55. The number of rotatable bonds is 9. The van der Waals surface area contributed by atoms with Crippen LogP contribution in [0.25, 0.3) is 22.0 Å². The summed E-state index contributed by atoms with van der Waals surface area (Å²) in [5.74, 6) is 0.780. The lowest BCUT2D eigenvalue weighted by molar-refractivity contribution is -0.120. The van der Waals surface area contributed by atoms with Crippen molar-refractivity contribution in [2.75, 3.05) is 14.2 Å². The van der Waals surface area contributed by atoms with Crippen molar-refractivity contribution in [1.29, 1.82) is 0 Å². The topological polar surface area (TPSA) is 65.4 Å². The van der Waals surface area contributed by atoms with Crippen LogP contribution in [0.3, 0.4) is 0 Å². The number of carbonyl (C=O) groups excluding carboxylic acids is 1. The van der Waals surface area contributed by atoms with Crippen molar-refractivity contribution >= 4 is 16.8 Å². The van der Waals surface area contributed by atoms with Crippen LogP contribution in [0.2, 0.25) is 0 Å². The van der Waals surface area contributed by atoms with Gasteiger partial charge in [0.2, 0.25) is 5.91 Å². The highest BCUT2D eigenvalue weighted by Crippen LogP contribution is 2.29. The van der Waals surface area contributed by atoms with E-state index in [9.17, 15) is 4.79 Å². The number of aromatic nitrogens is 2. The molecule has 0 saturated carbocycles. The summed E-state index contributed by atoms with van der Waals surface area (Å²) in [6.45, 7) is 1.55. The van der Waals surface area contributed by atoms with E-state index in [1.54, 1.807) is 20.4 Å². The lowest BCUT2D eigenvalue weighted by Gasteiger charge is -2.14. The first-order valence-corrected chi connectivity index (χ1v) is 10.6. The number of nitrogens with zero attached hydrogens (tertiary/aromatic N) is 2. The van der Waals surface area contributed by atoms with E-state index in [0.717, 1.165) is 38.9 Å². The lowest BCUT2D eigenvalue weighted by atomic mass is 9.96. The molecule has 0 atom stereocenters. The van der Waals surface area contributed by atoms with E-state index < -0.39 is 0 Å². The Hall–Kier alpha value is -3.64. The lowest BCUT2D eigenvalue weighted by Crippen LogP contribution is -2.19. The molecule has 0 unspecified atom stereocenters. The van der Waals surface area contributed by atoms with Gasteiger partial charge in [0.25, 0.3) is 0 Å². The van der Waals surface area contributed by atoms with Gasteiger partial charge in [0.1, 0.15) is 12.4 Å². The second-order valence-corrected chi connectivity index (χ2v) is 7.55. The third-order valence-electron chi connectivity index (χ3n) is 5.46. The van der Waals surface area contributed by atoms with Crippen LogP contribution in [0.15, 0.2) is 72.9 Å². The largest absolute Gasteiger partial charge is 0.489 e. The highest BCUT2D eigenvalue weighted by atomic mass is 16.5. The summed E-state index contributed by atoms with van der Waals surface area (Å²) >= 11 is 0. The molecule has 1 N–H and O–H groups in total. The van der Waals surface area contributed by atoms with Crippen molar-refractivity contribution in [3.05, 3.63) is 84.1 Å².